The molecule has 1 N–H and O–H groups in total. The van der Waals surface area contributed by atoms with Gasteiger partial charge in [-0.15, -0.1) is 0 Å². The summed E-state index contributed by atoms with van der Waals surface area (Å²) in [6.07, 6.45) is 1.85. The van der Waals surface area contributed by atoms with Crippen LogP contribution < -0.4 is 10.1 Å². The zero-order chi connectivity index (χ0) is 23.6. The maximum Gasteiger partial charge on any atom is 0.379 e. The number of hydrogen-bond donors (Lipinski definition) is 1. The molecule has 0 fully saturated rings. The maximum atomic E-state index is 12.2. The van der Waals surface area contributed by atoms with E-state index in [1.165, 1.54) is 36.6 Å². The number of aryl methyl sites for hydroxylation is 1. The molecule has 0 bridgehead atoms. The second kappa shape index (κ2) is 11.4. The van der Waals surface area contributed by atoms with Crippen molar-refractivity contribution in [2.24, 2.45) is 0 Å². The smallest absolute Gasteiger partial charge is 0.379 e. The molecule has 1 heterocycles. The van der Waals surface area contributed by atoms with Crippen LogP contribution in [-0.4, -0.2) is 30.2 Å². The molecule has 0 radical (unpaired) electrons. The number of esters is 2. The molecule has 8 heteroatoms. The lowest BCUT2D eigenvalue weighted by molar-refractivity contribution is -0.142. The number of ketones is 1. The van der Waals surface area contributed by atoms with Crippen LogP contribution in [0.2, 0.25) is 0 Å². The van der Waals surface area contributed by atoms with Crippen molar-refractivity contribution in [2.45, 2.75) is 26.2 Å². The van der Waals surface area contributed by atoms with Gasteiger partial charge in [0.2, 0.25) is 11.7 Å². The van der Waals surface area contributed by atoms with Crippen molar-refractivity contribution in [3.05, 3.63) is 83.8 Å². The number of amides is 1. The number of hydrogen-bond acceptors (Lipinski definition) is 7. The molecular formula is C25H23NO7. The Balaban J connectivity index is 1.35. The lowest BCUT2D eigenvalue weighted by atomic mass is 10.1. The summed E-state index contributed by atoms with van der Waals surface area (Å²) in [7, 11) is 0. The zero-order valence-corrected chi connectivity index (χ0v) is 18.0. The molecule has 1 amide bonds. The first-order chi connectivity index (χ1) is 15.9. The standard InChI is InChI=1S/C25H23NO7/c1-17-7-11-19(12-8-17)26-23(28)5-2-6-24(29)32-16-21(27)18-9-13-20(14-10-18)33-25(30)22-4-3-15-31-22/h3-4,7-15H,2,5-6,16H2,1H3,(H,26,28). The van der Waals surface area contributed by atoms with Crippen LogP contribution >= 0.6 is 0 Å². The van der Waals surface area contributed by atoms with Gasteiger partial charge in [-0.1, -0.05) is 17.7 Å². The first kappa shape index (κ1) is 23.5. The monoisotopic (exact) mass is 449 g/mol. The van der Waals surface area contributed by atoms with Crippen molar-refractivity contribution in [2.75, 3.05) is 11.9 Å². The fraction of sp³-hybridized carbons (Fsp3) is 0.200. The summed E-state index contributed by atoms with van der Waals surface area (Å²) in [6, 6.07) is 16.3. The second-order valence-electron chi connectivity index (χ2n) is 7.24. The molecule has 8 nitrogen and oxygen atoms in total. The highest BCUT2D eigenvalue weighted by atomic mass is 16.5. The summed E-state index contributed by atoms with van der Waals surface area (Å²) in [6.45, 7) is 1.54. The molecule has 33 heavy (non-hydrogen) atoms. The van der Waals surface area contributed by atoms with Gasteiger partial charge >= 0.3 is 11.9 Å². The molecule has 0 saturated carbocycles. The summed E-state index contributed by atoms with van der Waals surface area (Å²) in [5, 5.41) is 2.76. The number of benzene rings is 2. The van der Waals surface area contributed by atoms with Crippen LogP contribution in [0.3, 0.4) is 0 Å². The van der Waals surface area contributed by atoms with Gasteiger partial charge in [-0.3, -0.25) is 14.4 Å². The Morgan fingerprint density at radius 1 is 0.909 bits per heavy atom. The van der Waals surface area contributed by atoms with Crippen LogP contribution in [-0.2, 0) is 14.3 Å². The molecule has 0 aliphatic heterocycles. The zero-order valence-electron chi connectivity index (χ0n) is 18.0. The first-order valence-corrected chi connectivity index (χ1v) is 10.3. The number of nitrogens with one attached hydrogen (secondary N) is 1. The summed E-state index contributed by atoms with van der Waals surface area (Å²) in [5.41, 5.74) is 2.09. The third kappa shape index (κ3) is 7.46. The third-order valence-electron chi connectivity index (χ3n) is 4.59. The topological polar surface area (TPSA) is 112 Å². The lowest BCUT2D eigenvalue weighted by Crippen LogP contribution is -2.15. The van der Waals surface area contributed by atoms with Crippen LogP contribution in [0.4, 0.5) is 5.69 Å². The molecule has 170 valence electrons. The van der Waals surface area contributed by atoms with Crippen LogP contribution in [0.25, 0.3) is 0 Å². The largest absolute Gasteiger partial charge is 0.457 e. The van der Waals surface area contributed by atoms with Crippen LogP contribution in [0.5, 0.6) is 5.75 Å². The molecule has 0 aliphatic rings. The van der Waals surface area contributed by atoms with Crippen molar-refractivity contribution in [3.63, 3.8) is 0 Å². The molecule has 3 aromatic rings. The minimum atomic E-state index is -0.652. The van der Waals surface area contributed by atoms with Crippen molar-refractivity contribution in [1.82, 2.24) is 0 Å². The number of anilines is 1. The van der Waals surface area contributed by atoms with E-state index >= 15 is 0 Å². The SMILES string of the molecule is Cc1ccc(NC(=O)CCCC(=O)OCC(=O)c2ccc(OC(=O)c3ccco3)cc2)cc1. The quantitative estimate of drug-likeness (QED) is 0.278. The number of Topliss-reactive ketones (excluding diaryl/α,β-unsaturated/α-hetero) is 1. The minimum absolute atomic E-state index is 0.0241. The van der Waals surface area contributed by atoms with Crippen LogP contribution in [0.15, 0.2) is 71.3 Å². The van der Waals surface area contributed by atoms with E-state index in [9.17, 15) is 19.2 Å². The summed E-state index contributed by atoms with van der Waals surface area (Å²) in [5.74, 6) is -1.50. The van der Waals surface area contributed by atoms with E-state index in [1.54, 1.807) is 6.07 Å². The summed E-state index contributed by atoms with van der Waals surface area (Å²) >= 11 is 0. The van der Waals surface area contributed by atoms with Gasteiger partial charge in [0.15, 0.2) is 12.4 Å². The molecular weight excluding hydrogens is 426 g/mol. The van der Waals surface area contributed by atoms with Crippen molar-refractivity contribution in [3.8, 4) is 5.75 Å². The minimum Gasteiger partial charge on any atom is -0.457 e. The predicted octanol–water partition coefficient (Wildman–Crippen LogP) is 4.34. The Labute approximate surface area is 190 Å². The Morgan fingerprint density at radius 2 is 1.64 bits per heavy atom. The average Bonchev–Trinajstić information content (AvgIpc) is 3.35. The van der Waals surface area contributed by atoms with Gasteiger partial charge in [0, 0.05) is 24.1 Å². The van der Waals surface area contributed by atoms with E-state index in [-0.39, 0.29) is 30.3 Å². The molecule has 3 rings (SSSR count). The van der Waals surface area contributed by atoms with E-state index in [2.05, 4.69) is 5.32 Å². The lowest BCUT2D eigenvalue weighted by Gasteiger charge is -2.07. The predicted molar refractivity (Wildman–Crippen MR) is 119 cm³/mol. The molecule has 0 spiro atoms. The first-order valence-electron chi connectivity index (χ1n) is 10.3. The Bertz CT molecular complexity index is 1100. The van der Waals surface area contributed by atoms with Gasteiger partial charge in [-0.05, 0) is 61.9 Å². The highest BCUT2D eigenvalue weighted by Gasteiger charge is 2.14. The molecule has 0 unspecified atom stereocenters. The third-order valence-corrected chi connectivity index (χ3v) is 4.59. The van der Waals surface area contributed by atoms with Crippen molar-refractivity contribution >= 4 is 29.3 Å². The highest BCUT2D eigenvalue weighted by Crippen LogP contribution is 2.15. The van der Waals surface area contributed by atoms with Gasteiger partial charge in [-0.2, -0.15) is 0 Å². The Hall–Kier alpha value is -4.20. The van der Waals surface area contributed by atoms with Gasteiger partial charge in [-0.25, -0.2) is 4.79 Å². The van der Waals surface area contributed by atoms with E-state index in [0.29, 0.717) is 17.7 Å². The fourth-order valence-corrected chi connectivity index (χ4v) is 2.82. The van der Waals surface area contributed by atoms with Crippen LogP contribution in [0.1, 0.15) is 45.7 Å². The van der Waals surface area contributed by atoms with E-state index in [1.807, 2.05) is 31.2 Å². The van der Waals surface area contributed by atoms with Crippen LogP contribution in [0, 0.1) is 6.92 Å². The van der Waals surface area contributed by atoms with Gasteiger partial charge in [0.1, 0.15) is 5.75 Å². The molecule has 2 aromatic carbocycles. The van der Waals surface area contributed by atoms with E-state index in [0.717, 1.165) is 5.56 Å². The summed E-state index contributed by atoms with van der Waals surface area (Å²) in [4.78, 5) is 47.9. The van der Waals surface area contributed by atoms with Crippen molar-refractivity contribution < 1.29 is 33.1 Å². The molecule has 0 saturated heterocycles. The fourth-order valence-electron chi connectivity index (χ4n) is 2.82. The Kier molecular flexibility index (Phi) is 8.13. The molecule has 0 aliphatic carbocycles. The number of carbonyl (C=O) groups excluding carboxylic acids is 4. The maximum absolute atomic E-state index is 12.2. The number of ether oxygens (including phenoxy) is 2. The number of furan rings is 1. The average molecular weight is 449 g/mol. The van der Waals surface area contributed by atoms with Gasteiger partial charge in [0.05, 0.1) is 6.26 Å². The molecule has 1 aromatic heterocycles. The highest BCUT2D eigenvalue weighted by molar-refractivity contribution is 5.98. The summed E-state index contributed by atoms with van der Waals surface area (Å²) < 4.78 is 15.1. The number of rotatable bonds is 10. The second-order valence-corrected chi connectivity index (χ2v) is 7.24. The Morgan fingerprint density at radius 3 is 2.30 bits per heavy atom. The van der Waals surface area contributed by atoms with Crippen molar-refractivity contribution in [1.29, 1.82) is 0 Å². The number of carbonyl (C=O) groups is 4. The molecule has 0 atom stereocenters. The van der Waals surface area contributed by atoms with Gasteiger partial charge in [0.25, 0.3) is 0 Å². The van der Waals surface area contributed by atoms with E-state index < -0.39 is 24.3 Å². The normalized spacial score (nSPS) is 10.3. The van der Waals surface area contributed by atoms with E-state index in [4.69, 9.17) is 13.9 Å². The van der Waals surface area contributed by atoms with Gasteiger partial charge < -0.3 is 19.2 Å².